The number of hydrogen-bond acceptors (Lipinski definition) is 2. The van der Waals surface area contributed by atoms with Crippen LogP contribution in [0.5, 0.6) is 0 Å². The molecule has 0 bridgehead atoms. The number of piperidine rings is 1. The molecule has 0 radical (unpaired) electrons. The molecule has 1 aliphatic heterocycles. The smallest absolute Gasteiger partial charge is 0.152 e. The summed E-state index contributed by atoms with van der Waals surface area (Å²) in [6.07, 6.45) is 4.92. The van der Waals surface area contributed by atoms with Crippen LogP contribution in [0.1, 0.15) is 30.1 Å². The molecule has 1 fully saturated rings. The monoisotopic (exact) mass is 233 g/mol. The predicted molar refractivity (Wildman–Crippen MR) is 67.0 cm³/mol. The Bertz CT molecular complexity index is 444. The summed E-state index contributed by atoms with van der Waals surface area (Å²) in [6.45, 7) is 3.75. The van der Waals surface area contributed by atoms with Gasteiger partial charge in [-0.15, -0.1) is 0 Å². The average Bonchev–Trinajstić information content (AvgIpc) is 2.39. The Hall–Kier alpha value is -1.64. The highest BCUT2D eigenvalue weighted by molar-refractivity contribution is 5.84. The van der Waals surface area contributed by atoms with Crippen molar-refractivity contribution in [1.82, 2.24) is 0 Å². The summed E-state index contributed by atoms with van der Waals surface area (Å²) in [5.74, 6) is -0.289. The highest BCUT2D eigenvalue weighted by Crippen LogP contribution is 2.26. The summed E-state index contributed by atoms with van der Waals surface area (Å²) in [4.78, 5) is 13.0. The maximum atomic E-state index is 13.2. The van der Waals surface area contributed by atoms with Gasteiger partial charge in [0.2, 0.25) is 0 Å². The van der Waals surface area contributed by atoms with Gasteiger partial charge in [-0.2, -0.15) is 0 Å². The van der Waals surface area contributed by atoms with Gasteiger partial charge in [-0.25, -0.2) is 4.39 Å². The maximum absolute atomic E-state index is 13.2. The van der Waals surface area contributed by atoms with Crippen molar-refractivity contribution in [2.75, 3.05) is 18.0 Å². The number of halogens is 1. The number of hydrogen-bond donors (Lipinski definition) is 0. The van der Waals surface area contributed by atoms with Crippen molar-refractivity contribution in [3.05, 3.63) is 41.2 Å². The number of allylic oxidation sites excluding steroid dienone is 1. The van der Waals surface area contributed by atoms with Crippen molar-refractivity contribution >= 4 is 12.0 Å². The van der Waals surface area contributed by atoms with E-state index >= 15 is 0 Å². The van der Waals surface area contributed by atoms with E-state index < -0.39 is 0 Å². The minimum absolute atomic E-state index is 0.289. The van der Waals surface area contributed by atoms with E-state index in [1.54, 1.807) is 6.07 Å². The average molecular weight is 233 g/mol. The molecule has 0 aliphatic carbocycles. The molecule has 1 aliphatic rings. The lowest BCUT2D eigenvalue weighted by Gasteiger charge is -2.31. The zero-order valence-corrected chi connectivity index (χ0v) is 9.95. The number of carbonyl (C=O) groups excluding carboxylic acids is 1. The lowest BCUT2D eigenvalue weighted by molar-refractivity contribution is 0.112. The van der Waals surface area contributed by atoms with Gasteiger partial charge in [-0.05, 0) is 38.0 Å². The van der Waals surface area contributed by atoms with Crippen LogP contribution >= 0.6 is 0 Å². The van der Waals surface area contributed by atoms with E-state index in [1.807, 2.05) is 6.92 Å². The largest absolute Gasteiger partial charge is 0.370 e. The summed E-state index contributed by atoms with van der Waals surface area (Å²) in [5, 5.41) is 0. The van der Waals surface area contributed by atoms with E-state index in [1.165, 1.54) is 17.7 Å². The molecule has 0 amide bonds. The second kappa shape index (κ2) is 5.13. The van der Waals surface area contributed by atoms with Crippen molar-refractivity contribution in [2.24, 2.45) is 0 Å². The molecule has 3 heteroatoms. The van der Waals surface area contributed by atoms with Crippen LogP contribution in [0.3, 0.4) is 0 Å². The normalized spacial score (nSPS) is 15.9. The molecule has 0 saturated carbocycles. The SMILES string of the molecule is CC=C1CCN(c2cc(F)ccc2C=O)CC1. The highest BCUT2D eigenvalue weighted by Gasteiger charge is 2.16. The Labute approximate surface area is 101 Å². The van der Waals surface area contributed by atoms with Crippen molar-refractivity contribution in [3.63, 3.8) is 0 Å². The van der Waals surface area contributed by atoms with Gasteiger partial charge in [0.25, 0.3) is 0 Å². The molecular formula is C14H16FNO. The topological polar surface area (TPSA) is 20.3 Å². The second-order valence-electron chi connectivity index (χ2n) is 4.25. The van der Waals surface area contributed by atoms with Gasteiger partial charge in [0, 0.05) is 18.7 Å². The Morgan fingerprint density at radius 2 is 2.00 bits per heavy atom. The number of anilines is 1. The minimum atomic E-state index is -0.289. The lowest BCUT2D eigenvalue weighted by atomic mass is 10.0. The minimum Gasteiger partial charge on any atom is -0.370 e. The molecule has 1 saturated heterocycles. The first-order valence-electron chi connectivity index (χ1n) is 5.88. The fourth-order valence-electron chi connectivity index (χ4n) is 2.21. The Morgan fingerprint density at radius 3 is 2.59 bits per heavy atom. The van der Waals surface area contributed by atoms with E-state index in [0.29, 0.717) is 5.56 Å². The molecule has 2 nitrogen and oxygen atoms in total. The number of benzene rings is 1. The van der Waals surface area contributed by atoms with Crippen LogP contribution in [0.15, 0.2) is 29.8 Å². The summed E-state index contributed by atoms with van der Waals surface area (Å²) in [5.41, 5.74) is 2.72. The summed E-state index contributed by atoms with van der Waals surface area (Å²) < 4.78 is 13.2. The van der Waals surface area contributed by atoms with Crippen LogP contribution in [0, 0.1) is 5.82 Å². The van der Waals surface area contributed by atoms with Gasteiger partial charge in [0.05, 0.1) is 5.69 Å². The zero-order chi connectivity index (χ0) is 12.3. The molecule has 0 spiro atoms. The fraction of sp³-hybridized carbons (Fsp3) is 0.357. The molecule has 0 N–H and O–H groups in total. The summed E-state index contributed by atoms with van der Waals surface area (Å²) in [7, 11) is 0. The van der Waals surface area contributed by atoms with Crippen LogP contribution in [0.2, 0.25) is 0 Å². The highest BCUT2D eigenvalue weighted by atomic mass is 19.1. The number of aldehydes is 1. The van der Waals surface area contributed by atoms with E-state index in [-0.39, 0.29) is 5.82 Å². The van der Waals surface area contributed by atoms with Crippen LogP contribution in [-0.4, -0.2) is 19.4 Å². The molecule has 90 valence electrons. The maximum Gasteiger partial charge on any atom is 0.152 e. The quantitative estimate of drug-likeness (QED) is 0.577. The van der Waals surface area contributed by atoms with Crippen molar-refractivity contribution in [3.8, 4) is 0 Å². The molecule has 1 aromatic rings. The molecular weight excluding hydrogens is 217 g/mol. The third kappa shape index (κ3) is 2.54. The van der Waals surface area contributed by atoms with Crippen LogP contribution in [0.4, 0.5) is 10.1 Å². The van der Waals surface area contributed by atoms with Gasteiger partial charge in [-0.3, -0.25) is 4.79 Å². The first-order valence-corrected chi connectivity index (χ1v) is 5.88. The lowest BCUT2D eigenvalue weighted by Crippen LogP contribution is -2.31. The van der Waals surface area contributed by atoms with E-state index in [4.69, 9.17) is 0 Å². The summed E-state index contributed by atoms with van der Waals surface area (Å²) >= 11 is 0. The first kappa shape index (κ1) is 11.8. The summed E-state index contributed by atoms with van der Waals surface area (Å²) in [6, 6.07) is 4.32. The van der Waals surface area contributed by atoms with Gasteiger partial charge in [0.1, 0.15) is 5.82 Å². The molecule has 0 aromatic heterocycles. The molecule has 1 heterocycles. The van der Waals surface area contributed by atoms with Crippen LogP contribution in [0.25, 0.3) is 0 Å². The van der Waals surface area contributed by atoms with Crippen LogP contribution in [-0.2, 0) is 0 Å². The van der Waals surface area contributed by atoms with Crippen molar-refractivity contribution in [2.45, 2.75) is 19.8 Å². The van der Waals surface area contributed by atoms with E-state index in [0.717, 1.165) is 37.9 Å². The Morgan fingerprint density at radius 1 is 1.29 bits per heavy atom. The Kier molecular flexibility index (Phi) is 3.57. The standard InChI is InChI=1S/C14H16FNO/c1-2-11-5-7-16(8-6-11)14-9-13(15)4-3-12(14)10-17/h2-4,9-10H,5-8H2,1H3. The molecule has 1 aromatic carbocycles. The van der Waals surface area contributed by atoms with Gasteiger partial charge in [-0.1, -0.05) is 11.6 Å². The Balaban J connectivity index is 2.23. The van der Waals surface area contributed by atoms with Gasteiger partial charge in [0.15, 0.2) is 6.29 Å². The zero-order valence-electron chi connectivity index (χ0n) is 9.95. The van der Waals surface area contributed by atoms with Crippen LogP contribution < -0.4 is 4.90 Å². The van der Waals surface area contributed by atoms with E-state index in [2.05, 4.69) is 11.0 Å². The molecule has 0 unspecified atom stereocenters. The third-order valence-corrected chi connectivity index (χ3v) is 3.27. The third-order valence-electron chi connectivity index (χ3n) is 3.27. The molecule has 17 heavy (non-hydrogen) atoms. The first-order chi connectivity index (χ1) is 8.24. The van der Waals surface area contributed by atoms with Crippen molar-refractivity contribution in [1.29, 1.82) is 0 Å². The van der Waals surface area contributed by atoms with Gasteiger partial charge < -0.3 is 4.90 Å². The fourth-order valence-corrected chi connectivity index (χ4v) is 2.21. The van der Waals surface area contributed by atoms with Crippen molar-refractivity contribution < 1.29 is 9.18 Å². The number of carbonyl (C=O) groups is 1. The van der Waals surface area contributed by atoms with E-state index in [9.17, 15) is 9.18 Å². The second-order valence-corrected chi connectivity index (χ2v) is 4.25. The number of rotatable bonds is 2. The molecule has 2 rings (SSSR count). The molecule has 0 atom stereocenters. The van der Waals surface area contributed by atoms with Gasteiger partial charge >= 0.3 is 0 Å². The predicted octanol–water partition coefficient (Wildman–Crippen LogP) is 3.18. The number of nitrogens with zero attached hydrogens (tertiary/aromatic N) is 1.